The Morgan fingerprint density at radius 1 is 1.17 bits per heavy atom. The second kappa shape index (κ2) is 8.71. The van der Waals surface area contributed by atoms with E-state index in [1.165, 1.54) is 27.8 Å². The van der Waals surface area contributed by atoms with Crippen LogP contribution < -0.4 is 16.6 Å². The number of rotatable bonds is 7. The van der Waals surface area contributed by atoms with Crippen LogP contribution in [0.3, 0.4) is 0 Å². The Labute approximate surface area is 174 Å². The van der Waals surface area contributed by atoms with Crippen LogP contribution >= 0.6 is 23.1 Å². The average Bonchev–Trinajstić information content (AvgIpc) is 3.30. The number of anilines is 2. The first-order chi connectivity index (χ1) is 14.2. The number of hydrogen-bond acceptors (Lipinski definition) is 9. The third-order valence-electron chi connectivity index (χ3n) is 3.71. The fourth-order valence-corrected chi connectivity index (χ4v) is 3.91. The van der Waals surface area contributed by atoms with E-state index in [4.69, 9.17) is 5.84 Å². The molecule has 0 aliphatic rings. The van der Waals surface area contributed by atoms with Crippen molar-refractivity contribution in [2.75, 3.05) is 22.3 Å². The van der Waals surface area contributed by atoms with Gasteiger partial charge in [0.2, 0.25) is 11.1 Å². The molecule has 0 aliphatic heterocycles. The van der Waals surface area contributed by atoms with Gasteiger partial charge in [0, 0.05) is 0 Å². The molecule has 4 aromatic rings. The van der Waals surface area contributed by atoms with E-state index in [-0.39, 0.29) is 17.6 Å². The zero-order chi connectivity index (χ0) is 20.1. The summed E-state index contributed by atoms with van der Waals surface area (Å²) in [5, 5.41) is 15.7. The van der Waals surface area contributed by atoms with E-state index in [1.807, 2.05) is 54.6 Å². The maximum absolute atomic E-state index is 12.2. The summed E-state index contributed by atoms with van der Waals surface area (Å²) in [5.41, 5.74) is 4.53. The average molecular weight is 425 g/mol. The van der Waals surface area contributed by atoms with E-state index in [1.54, 1.807) is 6.21 Å². The lowest BCUT2D eigenvalue weighted by Gasteiger charge is -2.03. The predicted octanol–water partition coefficient (Wildman–Crippen LogP) is 2.78. The molecule has 2 heterocycles. The highest BCUT2D eigenvalue weighted by atomic mass is 32.2. The molecule has 146 valence electrons. The number of para-hydroxylation sites is 1. The molecule has 0 fully saturated rings. The number of carbonyl (C=O) groups excluding carboxylic acids is 1. The van der Waals surface area contributed by atoms with Gasteiger partial charge in [-0.25, -0.2) is 15.1 Å². The number of nitrogens with one attached hydrogen (secondary N) is 2. The van der Waals surface area contributed by atoms with Gasteiger partial charge in [0.1, 0.15) is 0 Å². The number of thioether (sulfide) groups is 1. The highest BCUT2D eigenvalue weighted by Gasteiger charge is 2.13. The van der Waals surface area contributed by atoms with Crippen LogP contribution in [0.1, 0.15) is 5.56 Å². The van der Waals surface area contributed by atoms with Crippen molar-refractivity contribution >= 4 is 56.5 Å². The van der Waals surface area contributed by atoms with Gasteiger partial charge in [-0.3, -0.25) is 4.79 Å². The van der Waals surface area contributed by atoms with E-state index in [2.05, 4.69) is 31.0 Å². The summed E-state index contributed by atoms with van der Waals surface area (Å²) in [6, 6.07) is 17.3. The van der Waals surface area contributed by atoms with Crippen molar-refractivity contribution in [3.63, 3.8) is 0 Å². The molecule has 1 amide bonds. The number of benzene rings is 2. The minimum absolute atomic E-state index is 0.124. The predicted molar refractivity (Wildman–Crippen MR) is 117 cm³/mol. The van der Waals surface area contributed by atoms with Crippen LogP contribution in [0.2, 0.25) is 0 Å². The Morgan fingerprint density at radius 2 is 1.97 bits per heavy atom. The number of thiazole rings is 1. The quantitative estimate of drug-likeness (QED) is 0.180. The third kappa shape index (κ3) is 4.70. The molecule has 2 aromatic carbocycles. The number of carbonyl (C=O) groups is 1. The van der Waals surface area contributed by atoms with E-state index in [0.29, 0.717) is 10.3 Å². The van der Waals surface area contributed by atoms with Gasteiger partial charge in [-0.15, -0.1) is 10.2 Å². The van der Waals surface area contributed by atoms with Gasteiger partial charge in [-0.1, -0.05) is 65.6 Å². The molecule has 9 nitrogen and oxygen atoms in total. The molecule has 29 heavy (non-hydrogen) atoms. The van der Waals surface area contributed by atoms with E-state index in [0.717, 1.165) is 15.8 Å². The molecule has 0 bridgehead atoms. The number of nitrogen functional groups attached to an aromatic ring is 1. The van der Waals surface area contributed by atoms with Crippen LogP contribution in [0.5, 0.6) is 0 Å². The molecule has 4 N–H and O–H groups in total. The molecule has 0 radical (unpaired) electrons. The highest BCUT2D eigenvalue weighted by Crippen LogP contribution is 2.25. The van der Waals surface area contributed by atoms with Gasteiger partial charge in [0.05, 0.1) is 22.2 Å². The number of fused-ring (bicyclic) bond motifs is 1. The summed E-state index contributed by atoms with van der Waals surface area (Å²) in [5.74, 6) is 6.16. The molecule has 0 saturated carbocycles. The summed E-state index contributed by atoms with van der Waals surface area (Å²) >= 11 is 2.59. The lowest BCUT2D eigenvalue weighted by molar-refractivity contribution is -0.113. The number of nitrogens with zero attached hydrogens (tertiary/aromatic N) is 5. The SMILES string of the molecule is Nn1c(N/N=C/c2ccccc2)nnc1SCC(=O)Nc1nc2ccccc2s1. The maximum Gasteiger partial charge on any atom is 0.264 e. The van der Waals surface area contributed by atoms with E-state index in [9.17, 15) is 4.79 Å². The van der Waals surface area contributed by atoms with Gasteiger partial charge in [0.25, 0.3) is 5.95 Å². The Balaban J connectivity index is 1.31. The van der Waals surface area contributed by atoms with Crippen LogP contribution in [-0.2, 0) is 4.79 Å². The van der Waals surface area contributed by atoms with Crippen molar-refractivity contribution in [3.05, 3.63) is 60.2 Å². The summed E-state index contributed by atoms with van der Waals surface area (Å²) in [7, 11) is 0. The first-order valence-electron chi connectivity index (χ1n) is 8.52. The fourth-order valence-electron chi connectivity index (χ4n) is 2.37. The largest absolute Gasteiger partial charge is 0.334 e. The zero-order valence-electron chi connectivity index (χ0n) is 15.0. The van der Waals surface area contributed by atoms with Gasteiger partial charge in [0.15, 0.2) is 5.13 Å². The van der Waals surface area contributed by atoms with Crippen molar-refractivity contribution in [2.45, 2.75) is 5.16 Å². The van der Waals surface area contributed by atoms with Crippen molar-refractivity contribution in [2.24, 2.45) is 5.10 Å². The van der Waals surface area contributed by atoms with Crippen LogP contribution in [0.15, 0.2) is 64.9 Å². The molecule has 0 saturated heterocycles. The second-order valence-electron chi connectivity index (χ2n) is 5.78. The van der Waals surface area contributed by atoms with Gasteiger partial charge in [-0.05, 0) is 17.7 Å². The maximum atomic E-state index is 12.2. The zero-order valence-corrected chi connectivity index (χ0v) is 16.7. The Hall–Kier alpha value is -3.44. The standard InChI is InChI=1S/C18H16N8OS2/c19-26-16(23-20-10-12-6-2-1-3-7-12)24-25-18(26)28-11-15(27)22-17-21-13-8-4-5-9-14(13)29-17/h1-10H,11,19H2,(H,23,24)(H,21,22,27)/b20-10+. The molecular weight excluding hydrogens is 408 g/mol. The molecular formula is C18H16N8OS2. The van der Waals surface area contributed by atoms with Crippen LogP contribution in [0, 0.1) is 0 Å². The second-order valence-corrected chi connectivity index (χ2v) is 7.75. The molecule has 0 aliphatic carbocycles. The van der Waals surface area contributed by atoms with Gasteiger partial charge >= 0.3 is 0 Å². The first-order valence-corrected chi connectivity index (χ1v) is 10.3. The summed E-state index contributed by atoms with van der Waals surface area (Å²) < 4.78 is 2.27. The monoisotopic (exact) mass is 424 g/mol. The molecule has 2 aromatic heterocycles. The highest BCUT2D eigenvalue weighted by molar-refractivity contribution is 7.99. The van der Waals surface area contributed by atoms with Crippen LogP contribution in [0.4, 0.5) is 11.1 Å². The van der Waals surface area contributed by atoms with Gasteiger partial charge in [-0.2, -0.15) is 5.10 Å². The lowest BCUT2D eigenvalue weighted by Crippen LogP contribution is -2.16. The minimum Gasteiger partial charge on any atom is -0.334 e. The number of hydrazone groups is 1. The normalized spacial score (nSPS) is 11.2. The van der Waals surface area contributed by atoms with E-state index >= 15 is 0 Å². The molecule has 0 unspecified atom stereocenters. The molecule has 0 spiro atoms. The first kappa shape index (κ1) is 18.9. The Bertz CT molecular complexity index is 1120. The van der Waals surface area contributed by atoms with Crippen molar-refractivity contribution < 1.29 is 4.79 Å². The van der Waals surface area contributed by atoms with Crippen LogP contribution in [0.25, 0.3) is 10.2 Å². The molecule has 0 atom stereocenters. The van der Waals surface area contributed by atoms with Crippen molar-refractivity contribution in [1.29, 1.82) is 0 Å². The van der Waals surface area contributed by atoms with Gasteiger partial charge < -0.3 is 11.2 Å². The third-order valence-corrected chi connectivity index (χ3v) is 5.61. The number of nitrogens with two attached hydrogens (primary N) is 1. The Kier molecular flexibility index (Phi) is 5.68. The molecule has 11 heteroatoms. The smallest absolute Gasteiger partial charge is 0.264 e. The van der Waals surface area contributed by atoms with Crippen molar-refractivity contribution in [3.8, 4) is 0 Å². The topological polar surface area (TPSA) is 123 Å². The number of amides is 1. The molecule has 4 rings (SSSR count). The summed E-state index contributed by atoms with van der Waals surface area (Å²) in [4.78, 5) is 16.6. The summed E-state index contributed by atoms with van der Waals surface area (Å²) in [6.45, 7) is 0. The number of aromatic nitrogens is 4. The van der Waals surface area contributed by atoms with Crippen molar-refractivity contribution in [1.82, 2.24) is 19.9 Å². The summed E-state index contributed by atoms with van der Waals surface area (Å²) in [6.07, 6.45) is 1.65. The fraction of sp³-hybridized carbons (Fsp3) is 0.0556. The van der Waals surface area contributed by atoms with E-state index < -0.39 is 0 Å². The number of hydrogen-bond donors (Lipinski definition) is 3. The Morgan fingerprint density at radius 3 is 2.79 bits per heavy atom. The van der Waals surface area contributed by atoms with Crippen LogP contribution in [-0.4, -0.2) is 37.7 Å². The lowest BCUT2D eigenvalue weighted by atomic mass is 10.2. The minimum atomic E-state index is -0.200.